The molecule has 1 amide bonds. The molecule has 0 aliphatic rings. The van der Waals surface area contributed by atoms with Crippen LogP contribution >= 0.6 is 11.3 Å². The monoisotopic (exact) mass is 353 g/mol. The third kappa shape index (κ3) is 4.29. The van der Waals surface area contributed by atoms with E-state index in [1.165, 1.54) is 11.3 Å². The van der Waals surface area contributed by atoms with Crippen molar-refractivity contribution in [3.63, 3.8) is 0 Å². The van der Waals surface area contributed by atoms with Gasteiger partial charge < -0.3 is 5.32 Å². The van der Waals surface area contributed by atoms with Gasteiger partial charge >= 0.3 is 0 Å². The maximum absolute atomic E-state index is 12.3. The van der Waals surface area contributed by atoms with Crippen LogP contribution in [0.2, 0.25) is 0 Å². The van der Waals surface area contributed by atoms with Crippen molar-refractivity contribution in [1.82, 2.24) is 4.98 Å². The highest BCUT2D eigenvalue weighted by Crippen LogP contribution is 2.23. The molecule has 2 N–H and O–H groups in total. The second-order valence-electron chi connectivity index (χ2n) is 5.14. The summed E-state index contributed by atoms with van der Waals surface area (Å²) in [5, 5.41) is 3.65. The first-order valence-electron chi connectivity index (χ1n) is 7.08. The second kappa shape index (κ2) is 6.67. The van der Waals surface area contributed by atoms with Crippen LogP contribution in [-0.4, -0.2) is 25.1 Å². The van der Waals surface area contributed by atoms with Gasteiger partial charge in [0, 0.05) is 5.69 Å². The van der Waals surface area contributed by atoms with Crippen LogP contribution in [0, 0.1) is 20.8 Å². The van der Waals surface area contributed by atoms with Gasteiger partial charge in [0.2, 0.25) is 10.0 Å². The van der Waals surface area contributed by atoms with Crippen LogP contribution in [0.1, 0.15) is 32.9 Å². The fraction of sp³-hybridized carbons (Fsp3) is 0.333. The summed E-state index contributed by atoms with van der Waals surface area (Å²) < 4.78 is 25.8. The molecule has 6 nitrogen and oxygen atoms in total. The molecule has 0 aliphatic heterocycles. The van der Waals surface area contributed by atoms with Crippen LogP contribution in [0.15, 0.2) is 18.2 Å². The SMILES string of the molecule is CCS(=O)(=O)Nc1ccc(NC(=O)c2sc(C)nc2C)cc1C. The lowest BCUT2D eigenvalue weighted by molar-refractivity contribution is 0.103. The average molecular weight is 353 g/mol. The summed E-state index contributed by atoms with van der Waals surface area (Å²) in [6.07, 6.45) is 0. The third-order valence-electron chi connectivity index (χ3n) is 3.24. The molecule has 0 aliphatic carbocycles. The number of anilines is 2. The molecule has 1 aromatic carbocycles. The standard InChI is InChI=1S/C15H19N3O3S2/c1-5-23(20,21)18-13-7-6-12(8-9(13)2)17-15(19)14-10(3)16-11(4)22-14/h6-8,18H,5H2,1-4H3,(H,17,19). The minimum Gasteiger partial charge on any atom is -0.321 e. The Morgan fingerprint density at radius 1 is 1.26 bits per heavy atom. The molecule has 0 atom stereocenters. The summed E-state index contributed by atoms with van der Waals surface area (Å²) in [5.74, 6) is -0.205. The Kier molecular flexibility index (Phi) is 5.06. The van der Waals surface area contributed by atoms with Crippen LogP contribution in [0.5, 0.6) is 0 Å². The molecule has 0 saturated carbocycles. The van der Waals surface area contributed by atoms with E-state index < -0.39 is 10.0 Å². The molecule has 8 heteroatoms. The van der Waals surface area contributed by atoms with Gasteiger partial charge in [-0.2, -0.15) is 0 Å². The minimum atomic E-state index is -3.32. The molecular weight excluding hydrogens is 334 g/mol. The van der Waals surface area contributed by atoms with Crippen LogP contribution in [0.3, 0.4) is 0 Å². The summed E-state index contributed by atoms with van der Waals surface area (Å²) in [5.41, 5.74) is 2.55. The Balaban J connectivity index is 2.18. The van der Waals surface area contributed by atoms with Gasteiger partial charge in [0.1, 0.15) is 4.88 Å². The van der Waals surface area contributed by atoms with Crippen LogP contribution in [0.4, 0.5) is 11.4 Å². The average Bonchev–Trinajstić information content (AvgIpc) is 2.81. The number of benzene rings is 1. The first-order chi connectivity index (χ1) is 10.7. The number of hydrogen-bond donors (Lipinski definition) is 2. The van der Waals surface area contributed by atoms with Crippen molar-refractivity contribution in [3.05, 3.63) is 39.3 Å². The van der Waals surface area contributed by atoms with Crippen molar-refractivity contribution in [2.24, 2.45) is 0 Å². The number of aromatic nitrogens is 1. The van der Waals surface area contributed by atoms with Gasteiger partial charge in [-0.15, -0.1) is 11.3 Å². The number of rotatable bonds is 5. The summed E-state index contributed by atoms with van der Waals surface area (Å²) in [6, 6.07) is 5.04. The fourth-order valence-corrected chi connectivity index (χ4v) is 3.55. The van der Waals surface area contributed by atoms with Gasteiger partial charge in [-0.1, -0.05) is 0 Å². The van der Waals surface area contributed by atoms with E-state index in [-0.39, 0.29) is 11.7 Å². The van der Waals surface area contributed by atoms with Gasteiger partial charge in [0.15, 0.2) is 0 Å². The van der Waals surface area contributed by atoms with Gasteiger partial charge in [-0.05, 0) is 51.5 Å². The van der Waals surface area contributed by atoms with E-state index in [2.05, 4.69) is 15.0 Å². The van der Waals surface area contributed by atoms with E-state index in [9.17, 15) is 13.2 Å². The van der Waals surface area contributed by atoms with E-state index in [0.717, 1.165) is 10.6 Å². The van der Waals surface area contributed by atoms with Crippen LogP contribution in [-0.2, 0) is 10.0 Å². The summed E-state index contributed by atoms with van der Waals surface area (Å²) >= 11 is 1.35. The first kappa shape index (κ1) is 17.4. The molecule has 23 heavy (non-hydrogen) atoms. The zero-order valence-corrected chi connectivity index (χ0v) is 15.1. The predicted molar refractivity (Wildman–Crippen MR) is 93.8 cm³/mol. The normalized spacial score (nSPS) is 11.3. The smallest absolute Gasteiger partial charge is 0.267 e. The molecule has 0 unspecified atom stereocenters. The van der Waals surface area contributed by atoms with E-state index in [4.69, 9.17) is 0 Å². The van der Waals surface area contributed by atoms with E-state index in [1.54, 1.807) is 39.0 Å². The van der Waals surface area contributed by atoms with Gasteiger partial charge in [0.25, 0.3) is 5.91 Å². The van der Waals surface area contributed by atoms with Crippen molar-refractivity contribution < 1.29 is 13.2 Å². The molecule has 1 aromatic heterocycles. The number of sulfonamides is 1. The molecule has 0 spiro atoms. The Morgan fingerprint density at radius 2 is 1.96 bits per heavy atom. The highest BCUT2D eigenvalue weighted by molar-refractivity contribution is 7.92. The third-order valence-corrected chi connectivity index (χ3v) is 5.60. The number of thiazole rings is 1. The summed E-state index contributed by atoms with van der Waals surface area (Å²) in [6.45, 7) is 7.01. The Labute approximate surface area is 140 Å². The van der Waals surface area contributed by atoms with Crippen molar-refractivity contribution in [2.45, 2.75) is 27.7 Å². The van der Waals surface area contributed by atoms with Crippen LogP contribution in [0.25, 0.3) is 0 Å². The van der Waals surface area contributed by atoms with E-state index in [1.807, 2.05) is 6.92 Å². The Bertz CT molecular complexity index is 842. The molecule has 0 radical (unpaired) electrons. The lowest BCUT2D eigenvalue weighted by Crippen LogP contribution is -2.16. The molecular formula is C15H19N3O3S2. The van der Waals surface area contributed by atoms with Gasteiger partial charge in [-0.3, -0.25) is 9.52 Å². The molecule has 2 aromatic rings. The zero-order chi connectivity index (χ0) is 17.2. The topological polar surface area (TPSA) is 88.2 Å². The molecule has 0 saturated heterocycles. The van der Waals surface area contributed by atoms with E-state index >= 15 is 0 Å². The number of amides is 1. The van der Waals surface area contributed by atoms with Crippen molar-refractivity contribution in [1.29, 1.82) is 0 Å². The lowest BCUT2D eigenvalue weighted by Gasteiger charge is -2.11. The molecule has 0 bridgehead atoms. The van der Waals surface area contributed by atoms with Gasteiger partial charge in [0.05, 0.1) is 22.1 Å². The summed E-state index contributed by atoms with van der Waals surface area (Å²) in [4.78, 5) is 17.1. The molecule has 124 valence electrons. The number of carbonyl (C=O) groups is 1. The maximum Gasteiger partial charge on any atom is 0.267 e. The number of aryl methyl sites for hydroxylation is 3. The number of hydrogen-bond acceptors (Lipinski definition) is 5. The highest BCUT2D eigenvalue weighted by atomic mass is 32.2. The second-order valence-corrected chi connectivity index (χ2v) is 8.35. The number of nitrogens with one attached hydrogen (secondary N) is 2. The Hall–Kier alpha value is -1.93. The zero-order valence-electron chi connectivity index (χ0n) is 13.4. The Morgan fingerprint density at radius 3 is 2.48 bits per heavy atom. The molecule has 2 rings (SSSR count). The van der Waals surface area contributed by atoms with Crippen molar-refractivity contribution >= 4 is 38.6 Å². The largest absolute Gasteiger partial charge is 0.321 e. The maximum atomic E-state index is 12.3. The highest BCUT2D eigenvalue weighted by Gasteiger charge is 2.15. The quantitative estimate of drug-likeness (QED) is 0.864. The van der Waals surface area contributed by atoms with Crippen LogP contribution < -0.4 is 10.0 Å². The number of carbonyl (C=O) groups excluding carboxylic acids is 1. The van der Waals surface area contributed by atoms with Gasteiger partial charge in [-0.25, -0.2) is 13.4 Å². The predicted octanol–water partition coefficient (Wildman–Crippen LogP) is 3.08. The number of nitrogens with zero attached hydrogens (tertiary/aromatic N) is 1. The van der Waals surface area contributed by atoms with E-state index in [0.29, 0.717) is 21.9 Å². The first-order valence-corrected chi connectivity index (χ1v) is 9.55. The summed E-state index contributed by atoms with van der Waals surface area (Å²) in [7, 11) is -3.32. The molecule has 1 heterocycles. The molecule has 0 fully saturated rings. The minimum absolute atomic E-state index is 0.00886. The lowest BCUT2D eigenvalue weighted by atomic mass is 10.2. The van der Waals surface area contributed by atoms with Crippen molar-refractivity contribution in [2.75, 3.05) is 15.8 Å². The van der Waals surface area contributed by atoms with Crippen molar-refractivity contribution in [3.8, 4) is 0 Å². The fourth-order valence-electron chi connectivity index (χ4n) is 2.03.